The minimum atomic E-state index is -0.219. The molecule has 0 aliphatic carbocycles. The van der Waals surface area contributed by atoms with Gasteiger partial charge >= 0.3 is 0 Å². The monoisotopic (exact) mass is 426 g/mol. The molecule has 128 valence electrons. The maximum Gasteiger partial charge on any atom is 0.259 e. The van der Waals surface area contributed by atoms with E-state index in [9.17, 15) is 4.79 Å². The summed E-state index contributed by atoms with van der Waals surface area (Å²) < 4.78 is 6.72. The Hall–Kier alpha value is -2.63. The third-order valence-electron chi connectivity index (χ3n) is 3.87. The number of para-hydroxylation sites is 2. The Morgan fingerprint density at radius 2 is 1.69 bits per heavy atom. The van der Waals surface area contributed by atoms with Crippen molar-refractivity contribution in [2.45, 2.75) is 0 Å². The van der Waals surface area contributed by atoms with Crippen molar-refractivity contribution >= 4 is 38.4 Å². The molecule has 4 aromatic rings. The van der Waals surface area contributed by atoms with Gasteiger partial charge in [0.05, 0.1) is 21.5 Å². The van der Waals surface area contributed by atoms with Crippen LogP contribution in [0.5, 0.6) is 11.5 Å². The number of ether oxygens (including phenoxy) is 1. The molecule has 3 aromatic carbocycles. The summed E-state index contributed by atoms with van der Waals surface area (Å²) in [6.07, 6.45) is 0. The Morgan fingerprint density at radius 1 is 0.962 bits per heavy atom. The van der Waals surface area contributed by atoms with Crippen molar-refractivity contribution in [3.8, 4) is 22.9 Å². The van der Waals surface area contributed by atoms with E-state index in [1.54, 1.807) is 30.3 Å². The molecule has 0 fully saturated rings. The molecule has 0 amide bonds. The SMILES string of the molecule is O=c1[nH]c(-c2c(Br)ccc(Cl)c2Oc2ccccc2)nc2ccccc12. The standard InChI is InChI=1S/C20H12BrClN2O2/c21-14-10-11-15(22)18(26-12-6-2-1-3-7-12)17(14)19-23-16-9-5-4-8-13(16)20(25)24-19/h1-11H,(H,23,24,25). The second-order valence-corrected chi connectivity index (χ2v) is 6.84. The van der Waals surface area contributed by atoms with Gasteiger partial charge in [0.2, 0.25) is 0 Å². The fourth-order valence-electron chi connectivity index (χ4n) is 2.66. The predicted molar refractivity (Wildman–Crippen MR) is 107 cm³/mol. The van der Waals surface area contributed by atoms with Crippen molar-refractivity contribution in [3.05, 3.63) is 86.6 Å². The van der Waals surface area contributed by atoms with Gasteiger partial charge in [-0.3, -0.25) is 4.79 Å². The molecule has 0 aliphatic heterocycles. The summed E-state index contributed by atoms with van der Waals surface area (Å²) in [4.78, 5) is 19.9. The lowest BCUT2D eigenvalue weighted by molar-refractivity contribution is 0.484. The van der Waals surface area contributed by atoms with Gasteiger partial charge in [-0.05, 0) is 52.3 Å². The molecule has 4 rings (SSSR count). The van der Waals surface area contributed by atoms with E-state index in [1.807, 2.05) is 36.4 Å². The van der Waals surface area contributed by atoms with E-state index in [2.05, 4.69) is 25.9 Å². The molecule has 1 N–H and O–H groups in total. The van der Waals surface area contributed by atoms with Gasteiger partial charge in [0, 0.05) is 4.47 Å². The minimum Gasteiger partial charge on any atom is -0.455 e. The number of hydrogen-bond acceptors (Lipinski definition) is 3. The zero-order valence-corrected chi connectivity index (χ0v) is 15.7. The first-order valence-electron chi connectivity index (χ1n) is 7.84. The zero-order valence-electron chi connectivity index (χ0n) is 13.4. The van der Waals surface area contributed by atoms with Crippen LogP contribution >= 0.6 is 27.5 Å². The lowest BCUT2D eigenvalue weighted by atomic mass is 10.1. The van der Waals surface area contributed by atoms with Gasteiger partial charge in [-0.25, -0.2) is 4.98 Å². The topological polar surface area (TPSA) is 55.0 Å². The maximum atomic E-state index is 12.5. The zero-order chi connectivity index (χ0) is 18.1. The highest BCUT2D eigenvalue weighted by Crippen LogP contribution is 2.42. The Morgan fingerprint density at radius 3 is 2.50 bits per heavy atom. The summed E-state index contributed by atoms with van der Waals surface area (Å²) in [5.74, 6) is 1.44. The maximum absolute atomic E-state index is 12.5. The van der Waals surface area contributed by atoms with E-state index in [-0.39, 0.29) is 5.56 Å². The van der Waals surface area contributed by atoms with Gasteiger partial charge < -0.3 is 9.72 Å². The van der Waals surface area contributed by atoms with E-state index in [0.29, 0.717) is 43.3 Å². The van der Waals surface area contributed by atoms with Gasteiger partial charge in [-0.15, -0.1) is 0 Å². The smallest absolute Gasteiger partial charge is 0.259 e. The summed E-state index contributed by atoms with van der Waals surface area (Å²) in [7, 11) is 0. The predicted octanol–water partition coefficient (Wildman–Crippen LogP) is 5.80. The van der Waals surface area contributed by atoms with Crippen molar-refractivity contribution < 1.29 is 4.74 Å². The number of aromatic nitrogens is 2. The van der Waals surface area contributed by atoms with Crippen LogP contribution < -0.4 is 10.3 Å². The molecular formula is C20H12BrClN2O2. The molecule has 0 radical (unpaired) electrons. The summed E-state index contributed by atoms with van der Waals surface area (Å²) in [6, 6.07) is 20.0. The van der Waals surface area contributed by atoms with E-state index in [4.69, 9.17) is 16.3 Å². The molecule has 0 atom stereocenters. The molecule has 26 heavy (non-hydrogen) atoms. The van der Waals surface area contributed by atoms with E-state index in [0.717, 1.165) is 0 Å². The first-order chi connectivity index (χ1) is 12.6. The van der Waals surface area contributed by atoms with Crippen molar-refractivity contribution in [2.75, 3.05) is 0 Å². The molecule has 0 saturated heterocycles. The second-order valence-electron chi connectivity index (χ2n) is 5.58. The number of halogens is 2. The minimum absolute atomic E-state index is 0.219. The number of nitrogens with one attached hydrogen (secondary N) is 1. The lowest BCUT2D eigenvalue weighted by Gasteiger charge is -2.14. The number of hydrogen-bond donors (Lipinski definition) is 1. The molecule has 0 spiro atoms. The van der Waals surface area contributed by atoms with Gasteiger partial charge in [0.25, 0.3) is 5.56 Å². The van der Waals surface area contributed by atoms with E-state index >= 15 is 0 Å². The van der Waals surface area contributed by atoms with Crippen LogP contribution in [0.2, 0.25) is 5.02 Å². The van der Waals surface area contributed by atoms with Crippen molar-refractivity contribution in [1.29, 1.82) is 0 Å². The molecule has 0 aliphatic rings. The van der Waals surface area contributed by atoms with E-state index in [1.165, 1.54) is 0 Å². The van der Waals surface area contributed by atoms with Crippen LogP contribution in [0, 0.1) is 0 Å². The van der Waals surface area contributed by atoms with Crippen LogP contribution in [0.4, 0.5) is 0 Å². The molecule has 6 heteroatoms. The summed E-state index contributed by atoms with van der Waals surface area (Å²) in [5, 5.41) is 0.947. The molecule has 1 heterocycles. The highest BCUT2D eigenvalue weighted by atomic mass is 79.9. The highest BCUT2D eigenvalue weighted by Gasteiger charge is 2.18. The average molecular weight is 428 g/mol. The van der Waals surface area contributed by atoms with Gasteiger partial charge in [-0.1, -0.05) is 41.9 Å². The van der Waals surface area contributed by atoms with Crippen LogP contribution in [0.3, 0.4) is 0 Å². The van der Waals surface area contributed by atoms with Gasteiger partial charge in [0.1, 0.15) is 11.6 Å². The number of rotatable bonds is 3. The Bertz CT molecular complexity index is 1160. The van der Waals surface area contributed by atoms with Crippen LogP contribution in [0.15, 0.2) is 76.0 Å². The second kappa shape index (κ2) is 6.94. The Balaban J connectivity index is 1.94. The number of nitrogens with zero attached hydrogens (tertiary/aromatic N) is 1. The summed E-state index contributed by atoms with van der Waals surface area (Å²) in [5.41, 5.74) is 0.969. The van der Waals surface area contributed by atoms with Crippen LogP contribution in [-0.4, -0.2) is 9.97 Å². The normalized spacial score (nSPS) is 10.8. The van der Waals surface area contributed by atoms with Crippen molar-refractivity contribution in [2.24, 2.45) is 0 Å². The third-order valence-corrected chi connectivity index (χ3v) is 4.83. The molecule has 0 unspecified atom stereocenters. The molecule has 4 nitrogen and oxygen atoms in total. The first kappa shape index (κ1) is 16.8. The van der Waals surface area contributed by atoms with Crippen LogP contribution in [0.1, 0.15) is 0 Å². The molecule has 0 bridgehead atoms. The fraction of sp³-hybridized carbons (Fsp3) is 0. The van der Waals surface area contributed by atoms with Crippen LogP contribution in [0.25, 0.3) is 22.3 Å². The van der Waals surface area contributed by atoms with Crippen molar-refractivity contribution in [1.82, 2.24) is 9.97 Å². The average Bonchev–Trinajstić information content (AvgIpc) is 2.66. The van der Waals surface area contributed by atoms with E-state index < -0.39 is 0 Å². The number of H-pyrrole nitrogens is 1. The highest BCUT2D eigenvalue weighted by molar-refractivity contribution is 9.10. The number of benzene rings is 3. The quantitative estimate of drug-likeness (QED) is 0.450. The van der Waals surface area contributed by atoms with Crippen molar-refractivity contribution in [3.63, 3.8) is 0 Å². The Labute approximate surface area is 162 Å². The largest absolute Gasteiger partial charge is 0.455 e. The molecular weight excluding hydrogens is 416 g/mol. The Kier molecular flexibility index (Phi) is 4.49. The first-order valence-corrected chi connectivity index (χ1v) is 9.01. The van der Waals surface area contributed by atoms with Gasteiger partial charge in [-0.2, -0.15) is 0 Å². The fourth-order valence-corrected chi connectivity index (χ4v) is 3.36. The number of aromatic amines is 1. The van der Waals surface area contributed by atoms with Gasteiger partial charge in [0.15, 0.2) is 5.75 Å². The number of fused-ring (bicyclic) bond motifs is 1. The molecule has 1 aromatic heterocycles. The lowest BCUT2D eigenvalue weighted by Crippen LogP contribution is -2.10. The summed E-state index contributed by atoms with van der Waals surface area (Å²) in [6.45, 7) is 0. The summed E-state index contributed by atoms with van der Waals surface area (Å²) >= 11 is 9.91. The third kappa shape index (κ3) is 3.11. The van der Waals surface area contributed by atoms with Crippen LogP contribution in [-0.2, 0) is 0 Å². The molecule has 0 saturated carbocycles.